The second kappa shape index (κ2) is 8.88. The number of rotatable bonds is 6. The molecule has 1 amide bonds. The molecule has 1 aromatic rings. The molecular formula is C15H23N5O4. The van der Waals surface area contributed by atoms with Crippen molar-refractivity contribution in [3.63, 3.8) is 0 Å². The average molecular weight is 337 g/mol. The van der Waals surface area contributed by atoms with Crippen LogP contribution in [0.5, 0.6) is 5.88 Å². The maximum atomic E-state index is 12.2. The van der Waals surface area contributed by atoms with E-state index in [9.17, 15) is 4.79 Å². The van der Waals surface area contributed by atoms with Gasteiger partial charge in [-0.15, -0.1) is 0 Å². The first-order valence-corrected chi connectivity index (χ1v) is 8.20. The zero-order valence-electron chi connectivity index (χ0n) is 13.6. The summed E-state index contributed by atoms with van der Waals surface area (Å²) < 4.78 is 16.2. The third kappa shape index (κ3) is 5.10. The first kappa shape index (κ1) is 17.0. The zero-order chi connectivity index (χ0) is 16.6. The lowest BCUT2D eigenvalue weighted by Gasteiger charge is -2.26. The van der Waals surface area contributed by atoms with Gasteiger partial charge < -0.3 is 14.2 Å². The predicted octanol–water partition coefficient (Wildman–Crippen LogP) is -0.835. The number of carbonyl (C=O) groups excluding carboxylic acids is 1. The fourth-order valence-electron chi connectivity index (χ4n) is 2.52. The van der Waals surface area contributed by atoms with Crippen LogP contribution in [-0.2, 0) is 9.47 Å². The topological polar surface area (TPSA) is 89.1 Å². The predicted molar refractivity (Wildman–Crippen MR) is 84.6 cm³/mol. The number of hydrogen-bond acceptors (Lipinski definition) is 8. The van der Waals surface area contributed by atoms with E-state index in [0.29, 0.717) is 38.8 Å². The van der Waals surface area contributed by atoms with Gasteiger partial charge in [0.1, 0.15) is 18.6 Å². The molecule has 1 aromatic heterocycles. The van der Waals surface area contributed by atoms with Gasteiger partial charge >= 0.3 is 0 Å². The Labute approximate surface area is 140 Å². The summed E-state index contributed by atoms with van der Waals surface area (Å²) in [5.74, 6) is 0.141. The monoisotopic (exact) mass is 337 g/mol. The highest BCUT2D eigenvalue weighted by Gasteiger charge is 2.16. The lowest BCUT2D eigenvalue weighted by atomic mass is 10.4. The van der Waals surface area contributed by atoms with E-state index in [1.54, 1.807) is 6.07 Å². The molecule has 0 spiro atoms. The van der Waals surface area contributed by atoms with Crippen LogP contribution in [0.1, 0.15) is 10.5 Å². The third-order valence-electron chi connectivity index (χ3n) is 3.91. The van der Waals surface area contributed by atoms with Crippen LogP contribution in [0.4, 0.5) is 0 Å². The van der Waals surface area contributed by atoms with Crippen molar-refractivity contribution in [2.24, 2.45) is 0 Å². The molecule has 1 N–H and O–H groups in total. The summed E-state index contributed by atoms with van der Waals surface area (Å²) in [7, 11) is 0. The molecule has 0 aliphatic carbocycles. The van der Waals surface area contributed by atoms with E-state index in [1.807, 2.05) is 5.01 Å². The fraction of sp³-hybridized carbons (Fsp3) is 0.667. The average Bonchev–Trinajstić information content (AvgIpc) is 2.64. The van der Waals surface area contributed by atoms with Crippen LogP contribution in [0, 0.1) is 0 Å². The fourth-order valence-corrected chi connectivity index (χ4v) is 2.52. The number of nitrogens with one attached hydrogen (secondary N) is 1. The summed E-state index contributed by atoms with van der Waals surface area (Å²) in [6.07, 6.45) is 1.35. The van der Waals surface area contributed by atoms with Gasteiger partial charge in [0, 0.05) is 38.8 Å². The quantitative estimate of drug-likeness (QED) is 0.719. The van der Waals surface area contributed by atoms with E-state index in [2.05, 4.69) is 20.3 Å². The van der Waals surface area contributed by atoms with Crippen LogP contribution < -0.4 is 10.2 Å². The number of nitrogens with zero attached hydrogens (tertiary/aromatic N) is 4. The van der Waals surface area contributed by atoms with Gasteiger partial charge in [-0.3, -0.25) is 15.1 Å². The Morgan fingerprint density at radius 3 is 2.58 bits per heavy atom. The van der Waals surface area contributed by atoms with E-state index in [-0.39, 0.29) is 11.6 Å². The molecule has 24 heavy (non-hydrogen) atoms. The van der Waals surface area contributed by atoms with Crippen molar-refractivity contribution in [2.75, 3.05) is 65.8 Å². The minimum Gasteiger partial charge on any atom is -0.476 e. The Bertz CT molecular complexity index is 532. The molecule has 2 aliphatic heterocycles. The molecule has 0 radical (unpaired) electrons. The number of ether oxygens (including phenoxy) is 3. The smallest absolute Gasteiger partial charge is 0.284 e. The maximum Gasteiger partial charge on any atom is 0.284 e. The molecule has 2 aliphatic rings. The Morgan fingerprint density at radius 1 is 1.12 bits per heavy atom. The van der Waals surface area contributed by atoms with Crippen molar-refractivity contribution >= 4 is 5.91 Å². The van der Waals surface area contributed by atoms with Crippen LogP contribution in [0.25, 0.3) is 0 Å². The lowest BCUT2D eigenvalue weighted by molar-refractivity contribution is 0.0124. The van der Waals surface area contributed by atoms with Gasteiger partial charge in [-0.1, -0.05) is 0 Å². The molecule has 3 heterocycles. The van der Waals surface area contributed by atoms with Crippen LogP contribution in [0.2, 0.25) is 0 Å². The molecule has 0 aromatic carbocycles. The zero-order valence-corrected chi connectivity index (χ0v) is 13.6. The highest BCUT2D eigenvalue weighted by atomic mass is 16.5. The van der Waals surface area contributed by atoms with Crippen molar-refractivity contribution in [1.29, 1.82) is 0 Å². The van der Waals surface area contributed by atoms with Gasteiger partial charge in [0.05, 0.1) is 26.4 Å². The van der Waals surface area contributed by atoms with Crippen LogP contribution in [0.15, 0.2) is 12.4 Å². The van der Waals surface area contributed by atoms with Crippen LogP contribution in [0.3, 0.4) is 0 Å². The Morgan fingerprint density at radius 2 is 1.83 bits per heavy atom. The summed E-state index contributed by atoms with van der Waals surface area (Å²) in [6, 6.07) is 1.56. The first-order chi connectivity index (χ1) is 11.8. The van der Waals surface area contributed by atoms with Crippen molar-refractivity contribution in [1.82, 2.24) is 25.3 Å². The molecule has 2 saturated heterocycles. The van der Waals surface area contributed by atoms with E-state index < -0.39 is 0 Å². The SMILES string of the molecule is O=C(NN1CCOCC1)c1cc(OCCN2CCOCC2)ncn1. The Kier molecular flexibility index (Phi) is 6.30. The molecule has 0 bridgehead atoms. The van der Waals surface area contributed by atoms with Crippen molar-refractivity contribution in [2.45, 2.75) is 0 Å². The van der Waals surface area contributed by atoms with Gasteiger partial charge in [0.15, 0.2) is 0 Å². The molecule has 0 saturated carbocycles. The van der Waals surface area contributed by atoms with Gasteiger partial charge in [-0.2, -0.15) is 0 Å². The third-order valence-corrected chi connectivity index (χ3v) is 3.91. The summed E-state index contributed by atoms with van der Waals surface area (Å²) in [4.78, 5) is 22.6. The normalized spacial score (nSPS) is 19.8. The largest absolute Gasteiger partial charge is 0.476 e. The minimum atomic E-state index is -0.266. The van der Waals surface area contributed by atoms with Crippen LogP contribution in [-0.4, -0.2) is 91.5 Å². The van der Waals surface area contributed by atoms with Crippen LogP contribution >= 0.6 is 0 Å². The lowest BCUT2D eigenvalue weighted by Crippen LogP contribution is -2.48. The second-order valence-electron chi connectivity index (χ2n) is 5.58. The van der Waals surface area contributed by atoms with Crippen molar-refractivity contribution in [3.8, 4) is 5.88 Å². The van der Waals surface area contributed by atoms with Gasteiger partial charge in [-0.25, -0.2) is 15.0 Å². The molecule has 3 rings (SSSR count). The van der Waals surface area contributed by atoms with Gasteiger partial charge in [0.25, 0.3) is 5.91 Å². The number of hydrogen-bond donors (Lipinski definition) is 1. The number of carbonyl (C=O) groups is 1. The van der Waals surface area contributed by atoms with Gasteiger partial charge in [0.2, 0.25) is 5.88 Å². The summed E-state index contributed by atoms with van der Waals surface area (Å²) in [5.41, 5.74) is 3.11. The molecule has 9 heteroatoms. The Hall–Kier alpha value is -1.81. The van der Waals surface area contributed by atoms with Crippen molar-refractivity contribution in [3.05, 3.63) is 18.1 Å². The molecule has 0 atom stereocenters. The van der Waals surface area contributed by atoms with Gasteiger partial charge in [-0.05, 0) is 0 Å². The number of amides is 1. The minimum absolute atomic E-state index is 0.266. The van der Waals surface area contributed by atoms with E-state index in [4.69, 9.17) is 14.2 Å². The summed E-state index contributed by atoms with van der Waals surface area (Å²) in [5, 5.41) is 1.83. The van der Waals surface area contributed by atoms with E-state index >= 15 is 0 Å². The van der Waals surface area contributed by atoms with E-state index in [0.717, 1.165) is 32.8 Å². The summed E-state index contributed by atoms with van der Waals surface area (Å²) >= 11 is 0. The second-order valence-corrected chi connectivity index (χ2v) is 5.58. The molecule has 9 nitrogen and oxygen atoms in total. The molecular weight excluding hydrogens is 314 g/mol. The standard InChI is InChI=1S/C15H23N5O4/c21-15(18-20-4-8-23-9-5-20)13-11-14(17-12-16-13)24-10-3-19-1-6-22-7-2-19/h11-12H,1-10H2,(H,18,21). The highest BCUT2D eigenvalue weighted by molar-refractivity contribution is 5.92. The number of hydrazine groups is 1. The number of morpholine rings is 2. The van der Waals surface area contributed by atoms with Crippen molar-refractivity contribution < 1.29 is 19.0 Å². The maximum absolute atomic E-state index is 12.2. The summed E-state index contributed by atoms with van der Waals surface area (Å²) in [6.45, 7) is 7.24. The van der Waals surface area contributed by atoms with E-state index in [1.165, 1.54) is 6.33 Å². The molecule has 0 unspecified atom stereocenters. The highest BCUT2D eigenvalue weighted by Crippen LogP contribution is 2.08. The number of aromatic nitrogens is 2. The molecule has 132 valence electrons. The Balaban J connectivity index is 1.46. The first-order valence-electron chi connectivity index (χ1n) is 8.20. The molecule has 2 fully saturated rings.